The summed E-state index contributed by atoms with van der Waals surface area (Å²) in [5.41, 5.74) is 0. The second-order valence-electron chi connectivity index (χ2n) is 6.61. The smallest absolute Gasteiger partial charge is 0.0235 e. The molecule has 2 aliphatic heterocycles. The van der Waals surface area contributed by atoms with Gasteiger partial charge in [-0.05, 0) is 64.3 Å². The summed E-state index contributed by atoms with van der Waals surface area (Å²) >= 11 is 0. The maximum atomic E-state index is 3.55. The van der Waals surface area contributed by atoms with Crippen molar-refractivity contribution in [2.24, 2.45) is 5.92 Å². The summed E-state index contributed by atoms with van der Waals surface area (Å²) in [7, 11) is 0. The molecule has 112 valence electrons. The summed E-state index contributed by atoms with van der Waals surface area (Å²) in [6.45, 7) is 13.6. The number of hydrogen-bond acceptors (Lipinski definition) is 3. The standard InChI is InChI=1S/C16H33N3/c1-3-8-17-12-15(2)13-18-11-7-16(14-18)19-9-5-4-6-10-19/h15-17H,3-14H2,1-2H3. The van der Waals surface area contributed by atoms with E-state index in [2.05, 4.69) is 29.0 Å². The normalized spacial score (nSPS) is 27.8. The molecule has 0 aromatic carbocycles. The number of piperidine rings is 1. The van der Waals surface area contributed by atoms with Crippen molar-refractivity contribution in [3.8, 4) is 0 Å². The zero-order chi connectivity index (χ0) is 13.5. The summed E-state index contributed by atoms with van der Waals surface area (Å²) in [5.74, 6) is 0.784. The van der Waals surface area contributed by atoms with Gasteiger partial charge in [-0.3, -0.25) is 4.90 Å². The fourth-order valence-corrected chi connectivity index (χ4v) is 3.59. The molecule has 2 heterocycles. The highest BCUT2D eigenvalue weighted by Crippen LogP contribution is 2.20. The van der Waals surface area contributed by atoms with Crippen LogP contribution in [0.4, 0.5) is 0 Å². The first-order valence-electron chi connectivity index (χ1n) is 8.46. The lowest BCUT2D eigenvalue weighted by molar-refractivity contribution is 0.159. The molecule has 2 saturated heterocycles. The van der Waals surface area contributed by atoms with Crippen LogP contribution in [0.1, 0.15) is 46.0 Å². The Kier molecular flexibility index (Phi) is 6.62. The Morgan fingerprint density at radius 1 is 1.16 bits per heavy atom. The van der Waals surface area contributed by atoms with Crippen LogP contribution >= 0.6 is 0 Å². The van der Waals surface area contributed by atoms with Crippen molar-refractivity contribution in [1.29, 1.82) is 0 Å². The van der Waals surface area contributed by atoms with E-state index in [-0.39, 0.29) is 0 Å². The van der Waals surface area contributed by atoms with Crippen LogP contribution in [0, 0.1) is 5.92 Å². The Balaban J connectivity index is 1.63. The Morgan fingerprint density at radius 2 is 1.95 bits per heavy atom. The van der Waals surface area contributed by atoms with Crippen LogP contribution in [0.25, 0.3) is 0 Å². The van der Waals surface area contributed by atoms with Gasteiger partial charge in [0.2, 0.25) is 0 Å². The highest BCUT2D eigenvalue weighted by atomic mass is 15.3. The molecule has 3 nitrogen and oxygen atoms in total. The van der Waals surface area contributed by atoms with Gasteiger partial charge in [0.05, 0.1) is 0 Å². The molecule has 0 amide bonds. The van der Waals surface area contributed by atoms with Crippen LogP contribution in [0.3, 0.4) is 0 Å². The Labute approximate surface area is 119 Å². The molecule has 3 heteroatoms. The summed E-state index contributed by atoms with van der Waals surface area (Å²) in [4.78, 5) is 5.45. The molecule has 1 N–H and O–H groups in total. The van der Waals surface area contributed by atoms with E-state index in [4.69, 9.17) is 0 Å². The van der Waals surface area contributed by atoms with Crippen molar-refractivity contribution in [2.45, 2.75) is 52.0 Å². The topological polar surface area (TPSA) is 18.5 Å². The van der Waals surface area contributed by atoms with Gasteiger partial charge in [0, 0.05) is 19.1 Å². The monoisotopic (exact) mass is 267 g/mol. The molecule has 2 atom stereocenters. The molecule has 0 aromatic rings. The average molecular weight is 267 g/mol. The molecular weight excluding hydrogens is 234 g/mol. The van der Waals surface area contributed by atoms with Gasteiger partial charge in [-0.25, -0.2) is 0 Å². The van der Waals surface area contributed by atoms with Gasteiger partial charge < -0.3 is 10.2 Å². The van der Waals surface area contributed by atoms with Crippen LogP contribution in [0.5, 0.6) is 0 Å². The van der Waals surface area contributed by atoms with E-state index in [1.165, 1.54) is 77.9 Å². The number of hydrogen-bond donors (Lipinski definition) is 1. The van der Waals surface area contributed by atoms with Gasteiger partial charge in [-0.15, -0.1) is 0 Å². The lowest BCUT2D eigenvalue weighted by atomic mass is 10.1. The van der Waals surface area contributed by atoms with Crippen molar-refractivity contribution < 1.29 is 0 Å². The third-order valence-electron chi connectivity index (χ3n) is 4.64. The van der Waals surface area contributed by atoms with E-state index >= 15 is 0 Å². The zero-order valence-corrected chi connectivity index (χ0v) is 13.0. The summed E-state index contributed by atoms with van der Waals surface area (Å²) in [5, 5.41) is 3.55. The van der Waals surface area contributed by atoms with Crippen LogP contribution in [0.2, 0.25) is 0 Å². The molecule has 0 radical (unpaired) electrons. The first-order chi connectivity index (χ1) is 9.29. The second kappa shape index (κ2) is 8.23. The van der Waals surface area contributed by atoms with E-state index in [1.807, 2.05) is 0 Å². The third-order valence-corrected chi connectivity index (χ3v) is 4.64. The van der Waals surface area contributed by atoms with Crippen LogP contribution < -0.4 is 5.32 Å². The Bertz CT molecular complexity index is 238. The van der Waals surface area contributed by atoms with E-state index in [1.54, 1.807) is 0 Å². The first-order valence-corrected chi connectivity index (χ1v) is 8.46. The van der Waals surface area contributed by atoms with Gasteiger partial charge in [-0.1, -0.05) is 20.3 Å². The minimum absolute atomic E-state index is 0.784. The molecule has 0 saturated carbocycles. The fraction of sp³-hybridized carbons (Fsp3) is 1.00. The molecule has 2 fully saturated rings. The van der Waals surface area contributed by atoms with Gasteiger partial charge in [0.15, 0.2) is 0 Å². The molecule has 0 aliphatic carbocycles. The van der Waals surface area contributed by atoms with E-state index in [0.29, 0.717) is 0 Å². The third kappa shape index (κ3) is 5.05. The number of nitrogens with zero attached hydrogens (tertiary/aromatic N) is 2. The number of rotatable bonds is 7. The van der Waals surface area contributed by atoms with Crippen LogP contribution in [-0.2, 0) is 0 Å². The quantitative estimate of drug-likeness (QED) is 0.713. The molecule has 0 spiro atoms. The van der Waals surface area contributed by atoms with Gasteiger partial charge in [-0.2, -0.15) is 0 Å². The molecule has 0 bridgehead atoms. The molecular formula is C16H33N3. The predicted molar refractivity (Wildman–Crippen MR) is 82.6 cm³/mol. The van der Waals surface area contributed by atoms with Crippen LogP contribution in [0.15, 0.2) is 0 Å². The maximum Gasteiger partial charge on any atom is 0.0235 e. The Morgan fingerprint density at radius 3 is 2.68 bits per heavy atom. The SMILES string of the molecule is CCCNCC(C)CN1CCC(N2CCCCC2)C1. The lowest BCUT2D eigenvalue weighted by Crippen LogP contribution is -2.41. The minimum atomic E-state index is 0.784. The molecule has 2 unspecified atom stereocenters. The molecule has 19 heavy (non-hydrogen) atoms. The highest BCUT2D eigenvalue weighted by molar-refractivity contribution is 4.85. The van der Waals surface area contributed by atoms with Crippen molar-refractivity contribution in [2.75, 3.05) is 45.8 Å². The zero-order valence-electron chi connectivity index (χ0n) is 13.0. The summed E-state index contributed by atoms with van der Waals surface area (Å²) < 4.78 is 0. The largest absolute Gasteiger partial charge is 0.316 e. The predicted octanol–water partition coefficient (Wildman–Crippen LogP) is 2.18. The van der Waals surface area contributed by atoms with Crippen molar-refractivity contribution in [3.05, 3.63) is 0 Å². The maximum absolute atomic E-state index is 3.55. The van der Waals surface area contributed by atoms with E-state index in [0.717, 1.165) is 12.0 Å². The lowest BCUT2D eigenvalue weighted by Gasteiger charge is -2.32. The molecule has 2 rings (SSSR count). The van der Waals surface area contributed by atoms with Gasteiger partial charge in [0.1, 0.15) is 0 Å². The van der Waals surface area contributed by atoms with Crippen molar-refractivity contribution in [1.82, 2.24) is 15.1 Å². The average Bonchev–Trinajstić information content (AvgIpc) is 2.88. The van der Waals surface area contributed by atoms with Crippen molar-refractivity contribution >= 4 is 0 Å². The Hall–Kier alpha value is -0.120. The van der Waals surface area contributed by atoms with Crippen LogP contribution in [-0.4, -0.2) is 61.7 Å². The van der Waals surface area contributed by atoms with Crippen molar-refractivity contribution in [3.63, 3.8) is 0 Å². The molecule has 2 aliphatic rings. The highest BCUT2D eigenvalue weighted by Gasteiger charge is 2.28. The van der Waals surface area contributed by atoms with E-state index in [9.17, 15) is 0 Å². The molecule has 0 aromatic heterocycles. The summed E-state index contributed by atoms with van der Waals surface area (Å²) in [6.07, 6.45) is 6.94. The fourth-order valence-electron chi connectivity index (χ4n) is 3.59. The van der Waals surface area contributed by atoms with Gasteiger partial charge in [0.25, 0.3) is 0 Å². The number of nitrogens with one attached hydrogen (secondary N) is 1. The minimum Gasteiger partial charge on any atom is -0.316 e. The van der Waals surface area contributed by atoms with Gasteiger partial charge >= 0.3 is 0 Å². The van der Waals surface area contributed by atoms with E-state index < -0.39 is 0 Å². The first kappa shape index (κ1) is 15.3. The second-order valence-corrected chi connectivity index (χ2v) is 6.61. The number of likely N-dealkylation sites (tertiary alicyclic amines) is 2. The summed E-state index contributed by atoms with van der Waals surface area (Å²) in [6, 6.07) is 0.858.